The zero-order valence-corrected chi connectivity index (χ0v) is 11.7. The minimum Gasteiger partial charge on any atom is -0.497 e. The summed E-state index contributed by atoms with van der Waals surface area (Å²) >= 11 is 0. The number of hydrogen-bond acceptors (Lipinski definition) is 3. The van der Waals surface area contributed by atoms with Crippen LogP contribution in [0.2, 0.25) is 0 Å². The molecule has 0 spiro atoms. The van der Waals surface area contributed by atoms with E-state index < -0.39 is 18.0 Å². The van der Waals surface area contributed by atoms with E-state index in [2.05, 4.69) is 10.6 Å². The predicted octanol–water partition coefficient (Wildman–Crippen LogP) is 1.75. The number of carboxylic acids is 1. The van der Waals surface area contributed by atoms with Crippen LogP contribution in [-0.4, -0.2) is 30.3 Å². The van der Waals surface area contributed by atoms with E-state index in [1.54, 1.807) is 13.2 Å². The average Bonchev–Trinajstić information content (AvgIpc) is 2.44. The van der Waals surface area contributed by atoms with Gasteiger partial charge in [-0.15, -0.1) is 0 Å². The van der Waals surface area contributed by atoms with Gasteiger partial charge in [0, 0.05) is 6.54 Å². The quantitative estimate of drug-likeness (QED) is 0.710. The highest BCUT2D eigenvalue weighted by Crippen LogP contribution is 2.12. The lowest BCUT2D eigenvalue weighted by Gasteiger charge is -2.14. The number of methoxy groups -OCH3 is 1. The highest BCUT2D eigenvalue weighted by atomic mass is 16.5. The molecule has 2 amide bonds. The maximum absolute atomic E-state index is 11.6. The number of ether oxygens (including phenoxy) is 1. The molecule has 0 saturated heterocycles. The van der Waals surface area contributed by atoms with Crippen LogP contribution < -0.4 is 15.4 Å². The van der Waals surface area contributed by atoms with E-state index in [1.807, 2.05) is 25.1 Å². The Bertz CT molecular complexity index is 462. The van der Waals surface area contributed by atoms with Crippen molar-refractivity contribution in [3.63, 3.8) is 0 Å². The molecule has 0 saturated carbocycles. The van der Waals surface area contributed by atoms with Crippen molar-refractivity contribution < 1.29 is 19.4 Å². The minimum absolute atomic E-state index is 0.307. The lowest BCUT2D eigenvalue weighted by molar-refractivity contribution is -0.139. The molecule has 1 aromatic rings. The van der Waals surface area contributed by atoms with E-state index in [4.69, 9.17) is 9.84 Å². The second kappa shape index (κ2) is 8.04. The van der Waals surface area contributed by atoms with Gasteiger partial charge in [-0.2, -0.15) is 0 Å². The van der Waals surface area contributed by atoms with Gasteiger partial charge in [-0.05, 0) is 24.1 Å². The Kier molecular flexibility index (Phi) is 6.36. The van der Waals surface area contributed by atoms with Gasteiger partial charge in [0.15, 0.2) is 0 Å². The molecule has 110 valence electrons. The van der Waals surface area contributed by atoms with Gasteiger partial charge in [-0.3, -0.25) is 0 Å². The second-order valence-corrected chi connectivity index (χ2v) is 4.36. The number of rotatable bonds is 7. The molecule has 0 aromatic heterocycles. The number of carbonyl (C=O) groups is 2. The monoisotopic (exact) mass is 280 g/mol. The van der Waals surface area contributed by atoms with Gasteiger partial charge >= 0.3 is 12.0 Å². The van der Waals surface area contributed by atoms with Crippen LogP contribution in [0.3, 0.4) is 0 Å². The Morgan fingerprint density at radius 2 is 2.15 bits per heavy atom. The Labute approximate surface area is 118 Å². The number of carboxylic acid groups (broad SMARTS) is 1. The van der Waals surface area contributed by atoms with Crippen molar-refractivity contribution in [1.29, 1.82) is 0 Å². The van der Waals surface area contributed by atoms with Crippen LogP contribution in [0.5, 0.6) is 5.75 Å². The minimum atomic E-state index is -1.02. The predicted molar refractivity (Wildman–Crippen MR) is 74.7 cm³/mol. The van der Waals surface area contributed by atoms with Gasteiger partial charge in [-0.1, -0.05) is 25.5 Å². The number of urea groups is 1. The molecule has 0 aliphatic carbocycles. The van der Waals surface area contributed by atoms with Crippen LogP contribution in [0.25, 0.3) is 0 Å². The normalized spacial score (nSPS) is 11.5. The van der Waals surface area contributed by atoms with Crippen LogP contribution in [-0.2, 0) is 11.3 Å². The number of aliphatic carboxylic acids is 1. The molecule has 6 nitrogen and oxygen atoms in total. The first-order chi connectivity index (χ1) is 9.56. The lowest BCUT2D eigenvalue weighted by atomic mass is 10.2. The first-order valence-electron chi connectivity index (χ1n) is 6.47. The fourth-order valence-electron chi connectivity index (χ4n) is 1.72. The van der Waals surface area contributed by atoms with E-state index in [-0.39, 0.29) is 0 Å². The lowest BCUT2D eigenvalue weighted by Crippen LogP contribution is -2.45. The molecule has 1 rings (SSSR count). The van der Waals surface area contributed by atoms with E-state index in [9.17, 15) is 9.59 Å². The molecule has 0 bridgehead atoms. The van der Waals surface area contributed by atoms with Crippen molar-refractivity contribution >= 4 is 12.0 Å². The van der Waals surface area contributed by atoms with Gasteiger partial charge < -0.3 is 20.5 Å². The first-order valence-corrected chi connectivity index (χ1v) is 6.47. The Balaban J connectivity index is 2.47. The van der Waals surface area contributed by atoms with Crippen molar-refractivity contribution in [2.75, 3.05) is 7.11 Å². The van der Waals surface area contributed by atoms with Crippen molar-refractivity contribution in [3.8, 4) is 5.75 Å². The molecule has 1 aromatic carbocycles. The van der Waals surface area contributed by atoms with Gasteiger partial charge in [0.05, 0.1) is 7.11 Å². The van der Waals surface area contributed by atoms with E-state index in [0.717, 1.165) is 5.56 Å². The number of benzene rings is 1. The highest BCUT2D eigenvalue weighted by molar-refractivity contribution is 5.82. The van der Waals surface area contributed by atoms with Crippen LogP contribution in [0.15, 0.2) is 24.3 Å². The Morgan fingerprint density at radius 1 is 1.40 bits per heavy atom. The van der Waals surface area contributed by atoms with Crippen molar-refractivity contribution in [2.45, 2.75) is 32.4 Å². The number of hydrogen-bond donors (Lipinski definition) is 3. The molecule has 0 aliphatic heterocycles. The third-order valence-electron chi connectivity index (χ3n) is 2.77. The maximum atomic E-state index is 11.6. The topological polar surface area (TPSA) is 87.7 Å². The number of amides is 2. The maximum Gasteiger partial charge on any atom is 0.326 e. The smallest absolute Gasteiger partial charge is 0.326 e. The summed E-state index contributed by atoms with van der Waals surface area (Å²) in [6, 6.07) is 5.94. The molecule has 0 radical (unpaired) electrons. The third kappa shape index (κ3) is 5.17. The fraction of sp³-hybridized carbons (Fsp3) is 0.429. The second-order valence-electron chi connectivity index (χ2n) is 4.36. The van der Waals surface area contributed by atoms with Crippen molar-refractivity contribution in [3.05, 3.63) is 29.8 Å². The van der Waals surface area contributed by atoms with Gasteiger partial charge in [0.2, 0.25) is 0 Å². The van der Waals surface area contributed by atoms with Crippen LogP contribution in [0, 0.1) is 0 Å². The van der Waals surface area contributed by atoms with Gasteiger partial charge in [-0.25, -0.2) is 9.59 Å². The molecule has 0 heterocycles. The number of nitrogens with one attached hydrogen (secondary N) is 2. The van der Waals surface area contributed by atoms with Gasteiger partial charge in [0.25, 0.3) is 0 Å². The SMILES string of the molecule is CCCC(NC(=O)NCc1cccc(OC)c1)C(=O)O. The first kappa shape index (κ1) is 15.8. The molecular weight excluding hydrogens is 260 g/mol. The fourth-order valence-corrected chi connectivity index (χ4v) is 1.72. The summed E-state index contributed by atoms with van der Waals surface area (Å²) in [4.78, 5) is 22.6. The van der Waals surface area contributed by atoms with Crippen LogP contribution >= 0.6 is 0 Å². The van der Waals surface area contributed by atoms with Crippen molar-refractivity contribution in [2.24, 2.45) is 0 Å². The summed E-state index contributed by atoms with van der Waals surface area (Å²) in [5, 5.41) is 14.0. The van der Waals surface area contributed by atoms with Crippen LogP contribution in [0.1, 0.15) is 25.3 Å². The summed E-state index contributed by atoms with van der Waals surface area (Å²) in [6.07, 6.45) is 1.09. The molecule has 1 atom stereocenters. The largest absolute Gasteiger partial charge is 0.497 e. The zero-order chi connectivity index (χ0) is 15.0. The zero-order valence-electron chi connectivity index (χ0n) is 11.7. The van der Waals surface area contributed by atoms with Crippen molar-refractivity contribution in [1.82, 2.24) is 10.6 Å². The van der Waals surface area contributed by atoms with Gasteiger partial charge in [0.1, 0.15) is 11.8 Å². The molecule has 6 heteroatoms. The molecule has 1 unspecified atom stereocenters. The standard InChI is InChI=1S/C14H20N2O4/c1-3-5-12(13(17)18)16-14(19)15-9-10-6-4-7-11(8-10)20-2/h4,6-8,12H,3,5,9H2,1-2H3,(H,17,18)(H2,15,16,19). The molecule has 20 heavy (non-hydrogen) atoms. The number of carbonyl (C=O) groups excluding carboxylic acids is 1. The third-order valence-corrected chi connectivity index (χ3v) is 2.77. The summed E-state index contributed by atoms with van der Waals surface area (Å²) in [5.41, 5.74) is 0.877. The summed E-state index contributed by atoms with van der Waals surface area (Å²) in [5.74, 6) is -0.317. The average molecular weight is 280 g/mol. The van der Waals surface area contributed by atoms with E-state index >= 15 is 0 Å². The van der Waals surface area contributed by atoms with E-state index in [1.165, 1.54) is 0 Å². The summed E-state index contributed by atoms with van der Waals surface area (Å²) in [7, 11) is 1.57. The van der Waals surface area contributed by atoms with Crippen LogP contribution in [0.4, 0.5) is 4.79 Å². The molecule has 0 aliphatic rings. The Morgan fingerprint density at radius 3 is 2.75 bits per heavy atom. The molecule has 0 fully saturated rings. The summed E-state index contributed by atoms with van der Waals surface area (Å²) < 4.78 is 5.08. The summed E-state index contributed by atoms with van der Waals surface area (Å²) in [6.45, 7) is 2.17. The Hall–Kier alpha value is -2.24. The van der Waals surface area contributed by atoms with E-state index in [0.29, 0.717) is 25.1 Å². The highest BCUT2D eigenvalue weighted by Gasteiger charge is 2.18. The molecule has 3 N–H and O–H groups in total. The molecular formula is C14H20N2O4.